The van der Waals surface area contributed by atoms with Crippen LogP contribution in [0.2, 0.25) is 5.02 Å². The smallest absolute Gasteiger partial charge is 0.243 e. The van der Waals surface area contributed by atoms with Crippen LogP contribution in [0.25, 0.3) is 10.4 Å². The van der Waals surface area contributed by atoms with Crippen molar-refractivity contribution in [1.29, 1.82) is 0 Å². The number of halogens is 1. The molecule has 0 spiro atoms. The largest absolute Gasteiger partial charge is 0.497 e. The number of ketones is 1. The van der Waals surface area contributed by atoms with Crippen LogP contribution in [0.4, 0.5) is 28.8 Å². The molecule has 77 heavy (non-hydrogen) atoms. The number of carbonyl (C=O) groups excluding carboxylic acids is 3. The molecule has 0 radical (unpaired) electrons. The van der Waals surface area contributed by atoms with Crippen LogP contribution in [-0.2, 0) is 49.9 Å². The molecule has 1 aliphatic heterocycles. The zero-order valence-corrected chi connectivity index (χ0v) is 47.0. The lowest BCUT2D eigenvalue weighted by Gasteiger charge is -2.34. The van der Waals surface area contributed by atoms with E-state index in [4.69, 9.17) is 44.8 Å². The molecule has 418 valence electrons. The zero-order chi connectivity index (χ0) is 55.7. The van der Waals surface area contributed by atoms with E-state index in [2.05, 4.69) is 35.6 Å². The Bertz CT molecular complexity index is 2890. The lowest BCUT2D eigenvalue weighted by Crippen LogP contribution is -2.50. The fraction of sp³-hybridized carbons (Fsp3) is 0.472. The molecule has 6 rings (SSSR count). The highest BCUT2D eigenvalue weighted by Gasteiger charge is 2.44. The summed E-state index contributed by atoms with van der Waals surface area (Å²) >= 11 is 8.01. The first kappa shape index (κ1) is 60.1. The number of methoxy groups -OCH3 is 2. The van der Waals surface area contributed by atoms with E-state index >= 15 is 0 Å². The van der Waals surface area contributed by atoms with Crippen LogP contribution in [0.3, 0.4) is 0 Å². The Kier molecular flexibility index (Phi) is 22.2. The van der Waals surface area contributed by atoms with Gasteiger partial charge in [0.05, 0.1) is 106 Å². The number of aliphatic hydroxyl groups excluding tert-OH is 1. The van der Waals surface area contributed by atoms with Gasteiger partial charge in [-0.25, -0.2) is 18.4 Å². The fourth-order valence-corrected chi connectivity index (χ4v) is 9.67. The summed E-state index contributed by atoms with van der Waals surface area (Å²) in [5, 5.41) is 20.0. The molecule has 0 unspecified atom stereocenters. The van der Waals surface area contributed by atoms with Gasteiger partial charge in [-0.1, -0.05) is 56.6 Å². The Balaban J connectivity index is 0.847. The Morgan fingerprint density at radius 3 is 2.14 bits per heavy atom. The Morgan fingerprint density at radius 2 is 1.52 bits per heavy atom. The van der Waals surface area contributed by atoms with Crippen molar-refractivity contribution in [2.45, 2.75) is 66.2 Å². The van der Waals surface area contributed by atoms with Crippen LogP contribution in [0.15, 0.2) is 66.3 Å². The summed E-state index contributed by atoms with van der Waals surface area (Å²) in [6.45, 7) is 11.6. The highest BCUT2D eigenvalue weighted by Crippen LogP contribution is 2.37. The molecule has 0 saturated carbocycles. The van der Waals surface area contributed by atoms with Crippen LogP contribution >= 0.6 is 22.9 Å². The van der Waals surface area contributed by atoms with Crippen molar-refractivity contribution in [3.8, 4) is 27.7 Å². The van der Waals surface area contributed by atoms with Crippen molar-refractivity contribution in [3.63, 3.8) is 0 Å². The van der Waals surface area contributed by atoms with E-state index < -0.39 is 33.5 Å². The number of aromatic nitrogens is 3. The molecular formula is C53H69ClN8O13S2. The third kappa shape index (κ3) is 18.2. The molecule has 24 heteroatoms. The number of sulfonamides is 1. The maximum absolute atomic E-state index is 14.0. The molecule has 1 aliphatic rings. The highest BCUT2D eigenvalue weighted by atomic mass is 35.5. The van der Waals surface area contributed by atoms with Crippen molar-refractivity contribution in [3.05, 3.63) is 88.1 Å². The number of rotatable bonds is 30. The maximum atomic E-state index is 14.0. The Morgan fingerprint density at radius 1 is 0.844 bits per heavy atom. The van der Waals surface area contributed by atoms with Crippen molar-refractivity contribution >= 4 is 79.4 Å². The van der Waals surface area contributed by atoms with Crippen LogP contribution < -0.4 is 34.9 Å². The number of aliphatic hydroxyl groups is 1. The molecule has 1 saturated heterocycles. The zero-order valence-electron chi connectivity index (χ0n) is 44.6. The molecular weight excluding hydrogens is 1060 g/mol. The van der Waals surface area contributed by atoms with Crippen molar-refractivity contribution in [2.75, 3.05) is 102 Å². The second-order valence-corrected chi connectivity index (χ2v) is 22.2. The summed E-state index contributed by atoms with van der Waals surface area (Å²) in [6.07, 6.45) is 1.62. The van der Waals surface area contributed by atoms with E-state index in [0.29, 0.717) is 55.1 Å². The third-order valence-electron chi connectivity index (χ3n) is 12.2. The normalized spacial score (nSPS) is 15.0. The Hall–Kier alpha value is -6.18. The van der Waals surface area contributed by atoms with Crippen molar-refractivity contribution in [1.82, 2.24) is 25.2 Å². The number of hydrogen-bond acceptors (Lipinski definition) is 19. The summed E-state index contributed by atoms with van der Waals surface area (Å²) in [5.74, 6) is 0.109. The lowest BCUT2D eigenvalue weighted by molar-refractivity contribution is -0.146. The van der Waals surface area contributed by atoms with E-state index in [1.807, 2.05) is 64.4 Å². The number of likely N-dealkylation sites (tertiary alicyclic amines) is 1. The topological polar surface area (TPSA) is 260 Å². The number of thiazole rings is 1. The number of ether oxygens (including phenoxy) is 7. The van der Waals surface area contributed by atoms with E-state index in [0.717, 1.165) is 33.5 Å². The number of aryl methyl sites for hydroxylation is 2. The van der Waals surface area contributed by atoms with Gasteiger partial charge < -0.3 is 59.1 Å². The molecule has 0 bridgehead atoms. The highest BCUT2D eigenvalue weighted by molar-refractivity contribution is 7.92. The van der Waals surface area contributed by atoms with E-state index in [9.17, 15) is 27.9 Å². The maximum Gasteiger partial charge on any atom is 0.243 e. The second kappa shape index (κ2) is 28.4. The van der Waals surface area contributed by atoms with Gasteiger partial charge >= 0.3 is 0 Å². The molecule has 2 aromatic heterocycles. The van der Waals surface area contributed by atoms with Gasteiger partial charge in [-0.15, -0.1) is 11.3 Å². The Labute approximate surface area is 458 Å². The number of benzene rings is 3. The van der Waals surface area contributed by atoms with Gasteiger partial charge in [0.15, 0.2) is 23.1 Å². The van der Waals surface area contributed by atoms with Crippen LogP contribution in [0.5, 0.6) is 17.2 Å². The van der Waals surface area contributed by atoms with Crippen LogP contribution in [0, 0.1) is 25.2 Å². The fourth-order valence-electron chi connectivity index (χ4n) is 8.15. The summed E-state index contributed by atoms with van der Waals surface area (Å²) in [6, 6.07) is 15.4. The van der Waals surface area contributed by atoms with Crippen LogP contribution in [0.1, 0.15) is 50.4 Å². The minimum Gasteiger partial charge on any atom is -0.497 e. The van der Waals surface area contributed by atoms with Gasteiger partial charge in [-0.3, -0.25) is 19.1 Å². The summed E-state index contributed by atoms with van der Waals surface area (Å²) in [5.41, 5.74) is 6.15. The van der Waals surface area contributed by atoms with Gasteiger partial charge in [0.1, 0.15) is 30.0 Å². The predicted octanol–water partition coefficient (Wildman–Crippen LogP) is 7.09. The van der Waals surface area contributed by atoms with Crippen molar-refractivity contribution < 1.29 is 61.1 Å². The lowest BCUT2D eigenvalue weighted by atomic mass is 9.77. The number of nitrogens with zero attached hydrogens (tertiary/aromatic N) is 4. The molecule has 5 aromatic rings. The second-order valence-electron chi connectivity index (χ2n) is 19.2. The number of β-amino-alcohol motifs (C(OH)–C–C–N with tert-alkyl or cyclic N) is 1. The number of nitrogens with one attached hydrogen (secondary N) is 4. The SMILES string of the molecule is COc1ccc(Nc2nc(Nc3cc(OCCOCCOCCOCCOCC(=O)C[C@H](C(=O)N4C[C@H](O)C[C@H]4C(=O)NCc4ccc(-c5scnc5C)cc4)C(C)(C)C)c(OC)cc3C)ncc2Cl)c(NS(C)(=O)=O)c1. The molecule has 3 atom stereocenters. The first-order valence-corrected chi connectivity index (χ1v) is 28.0. The monoisotopic (exact) mass is 1120 g/mol. The van der Waals surface area contributed by atoms with Gasteiger partial charge in [0, 0.05) is 49.7 Å². The average Bonchev–Trinajstić information content (AvgIpc) is 4.02. The minimum absolute atomic E-state index is 0.00565. The summed E-state index contributed by atoms with van der Waals surface area (Å²) in [7, 11) is -0.605. The van der Waals surface area contributed by atoms with Gasteiger partial charge in [-0.05, 0) is 54.2 Å². The molecule has 3 aromatic carbocycles. The molecule has 0 aliphatic carbocycles. The quantitative estimate of drug-likeness (QED) is 0.0287. The van der Waals surface area contributed by atoms with E-state index in [1.165, 1.54) is 24.3 Å². The van der Waals surface area contributed by atoms with E-state index in [-0.39, 0.29) is 99.0 Å². The first-order chi connectivity index (χ1) is 36.7. The van der Waals surface area contributed by atoms with Crippen molar-refractivity contribution in [2.24, 2.45) is 11.3 Å². The van der Waals surface area contributed by atoms with Gasteiger partial charge in [-0.2, -0.15) is 4.98 Å². The number of Topliss-reactive ketones (excluding diaryl/α,β-unsaturated/α-hetero) is 1. The predicted molar refractivity (Wildman–Crippen MR) is 294 cm³/mol. The van der Waals surface area contributed by atoms with Gasteiger partial charge in [0.2, 0.25) is 27.8 Å². The number of hydrogen-bond donors (Lipinski definition) is 5. The number of anilines is 5. The number of amides is 2. The molecule has 3 heterocycles. The molecule has 21 nitrogen and oxygen atoms in total. The average molecular weight is 1130 g/mol. The standard InChI is InChI=1S/C53H69ClN8O13S2/c1-33-23-46(70-7)47(27-43(33)59-52-56-29-41(54)49(60-52)58-42-14-13-39(69-6)26-44(42)61-77(8,67)68)75-22-21-73-18-17-71-15-16-72-19-20-74-31-38(64)24-40(53(3,4)5)51(66)62-30-37(63)25-45(62)50(65)55-28-35-9-11-36(12-10-35)48-34(2)57-32-76-48/h9-14,23,26-27,29,32,37,40,45,61,63H,15-22,24-25,28,30-31H2,1-8H3,(H,55,65)(H2,56,58,59,60)/t37-,40-,45+/m1/s1. The number of carbonyl (C=O) groups is 3. The molecule has 5 N–H and O–H groups in total. The van der Waals surface area contributed by atoms with Gasteiger partial charge in [0.25, 0.3) is 0 Å². The third-order valence-corrected chi connectivity index (χ3v) is 14.1. The van der Waals surface area contributed by atoms with E-state index in [1.54, 1.807) is 42.7 Å². The molecule has 1 fully saturated rings. The van der Waals surface area contributed by atoms with Crippen LogP contribution in [-0.4, -0.2) is 150 Å². The summed E-state index contributed by atoms with van der Waals surface area (Å²) < 4.78 is 65.9. The minimum atomic E-state index is -3.62. The summed E-state index contributed by atoms with van der Waals surface area (Å²) in [4.78, 5) is 56.3. The molecule has 2 amide bonds. The first-order valence-electron chi connectivity index (χ1n) is 24.8.